The van der Waals surface area contributed by atoms with E-state index in [1.165, 1.54) is 11.3 Å². The molecular weight excluding hydrogens is 375 g/mol. The zero-order valence-corrected chi connectivity index (χ0v) is 15.3. The van der Waals surface area contributed by atoms with Crippen LogP contribution >= 0.6 is 24.0 Å². The molecule has 0 fully saturated rings. The number of hydrogen-bond donors (Lipinski definition) is 2. The van der Waals surface area contributed by atoms with Crippen molar-refractivity contribution >= 4 is 35.6 Å². The molecule has 0 aromatic heterocycles. The molecule has 2 N–H and O–H groups in total. The van der Waals surface area contributed by atoms with E-state index in [9.17, 15) is 0 Å². The van der Waals surface area contributed by atoms with Gasteiger partial charge in [0.15, 0.2) is 5.96 Å². The smallest absolute Gasteiger partial charge is 0.191 e. The van der Waals surface area contributed by atoms with Crippen LogP contribution in [0.4, 0.5) is 5.69 Å². The van der Waals surface area contributed by atoms with E-state index in [1.54, 1.807) is 7.05 Å². The Labute approximate surface area is 145 Å². The summed E-state index contributed by atoms with van der Waals surface area (Å²) < 4.78 is 0. The summed E-state index contributed by atoms with van der Waals surface area (Å²) in [6.07, 6.45) is 5.22. The van der Waals surface area contributed by atoms with Crippen LogP contribution < -0.4 is 15.5 Å². The zero-order chi connectivity index (χ0) is 14.8. The Kier molecular flexibility index (Phi) is 10.5. The van der Waals surface area contributed by atoms with E-state index in [0.717, 1.165) is 25.6 Å². The Morgan fingerprint density at radius 1 is 1.38 bits per heavy atom. The number of nitrogens with one attached hydrogen (secondary N) is 2. The van der Waals surface area contributed by atoms with Crippen molar-refractivity contribution in [1.29, 1.82) is 0 Å². The van der Waals surface area contributed by atoms with Crippen molar-refractivity contribution in [2.45, 2.75) is 13.8 Å². The summed E-state index contributed by atoms with van der Waals surface area (Å²) >= 11 is 0. The van der Waals surface area contributed by atoms with Crippen LogP contribution in [-0.4, -0.2) is 39.2 Å². The molecule has 0 aliphatic carbocycles. The highest BCUT2D eigenvalue weighted by atomic mass is 127. The van der Waals surface area contributed by atoms with Crippen molar-refractivity contribution in [2.75, 3.05) is 38.1 Å². The van der Waals surface area contributed by atoms with Gasteiger partial charge in [-0.1, -0.05) is 18.1 Å². The number of anilines is 1. The molecule has 21 heavy (non-hydrogen) atoms. The molecule has 0 heterocycles. The second-order valence-electron chi connectivity index (χ2n) is 4.48. The fourth-order valence-corrected chi connectivity index (χ4v) is 1.96. The first-order chi connectivity index (χ1) is 9.71. The van der Waals surface area contributed by atoms with Gasteiger partial charge < -0.3 is 15.5 Å². The number of rotatable bonds is 6. The summed E-state index contributed by atoms with van der Waals surface area (Å²) in [7, 11) is 1.74. The number of benzene rings is 1. The van der Waals surface area contributed by atoms with Gasteiger partial charge in [-0.3, -0.25) is 4.99 Å². The Balaban J connectivity index is 0.00000400. The van der Waals surface area contributed by atoms with E-state index in [4.69, 9.17) is 6.42 Å². The van der Waals surface area contributed by atoms with E-state index in [0.29, 0.717) is 6.54 Å². The third-order valence-corrected chi connectivity index (χ3v) is 3.00. The number of nitrogens with zero attached hydrogens (tertiary/aromatic N) is 2. The third kappa shape index (κ3) is 7.23. The molecule has 0 radical (unpaired) electrons. The maximum Gasteiger partial charge on any atom is 0.191 e. The van der Waals surface area contributed by atoms with Crippen LogP contribution in [0.25, 0.3) is 0 Å². The molecule has 0 saturated carbocycles. The molecule has 1 aromatic rings. The third-order valence-electron chi connectivity index (χ3n) is 3.00. The van der Waals surface area contributed by atoms with Crippen LogP contribution in [-0.2, 0) is 0 Å². The van der Waals surface area contributed by atoms with E-state index >= 15 is 0 Å². The van der Waals surface area contributed by atoms with Crippen LogP contribution in [0.1, 0.15) is 12.5 Å². The van der Waals surface area contributed by atoms with Gasteiger partial charge in [0.25, 0.3) is 0 Å². The molecule has 0 unspecified atom stereocenters. The molecule has 0 atom stereocenters. The van der Waals surface area contributed by atoms with Gasteiger partial charge >= 0.3 is 0 Å². The molecule has 1 rings (SSSR count). The number of aryl methyl sites for hydroxylation is 1. The summed E-state index contributed by atoms with van der Waals surface area (Å²) in [6, 6.07) is 8.55. The number of halogens is 1. The Morgan fingerprint density at radius 3 is 2.71 bits per heavy atom. The maximum atomic E-state index is 5.22. The molecule has 0 aliphatic heterocycles. The van der Waals surface area contributed by atoms with Gasteiger partial charge in [-0.05, 0) is 31.5 Å². The topological polar surface area (TPSA) is 39.7 Å². The second kappa shape index (κ2) is 11.3. The van der Waals surface area contributed by atoms with Crippen molar-refractivity contribution < 1.29 is 0 Å². The number of hydrogen-bond acceptors (Lipinski definition) is 2. The molecule has 0 saturated heterocycles. The minimum Gasteiger partial charge on any atom is -0.370 e. The van der Waals surface area contributed by atoms with Crippen LogP contribution in [0.5, 0.6) is 0 Å². The lowest BCUT2D eigenvalue weighted by atomic mass is 10.2. The van der Waals surface area contributed by atoms with Crippen molar-refractivity contribution in [3.63, 3.8) is 0 Å². The normalized spacial score (nSPS) is 10.3. The summed E-state index contributed by atoms with van der Waals surface area (Å²) in [5.74, 6) is 3.27. The summed E-state index contributed by atoms with van der Waals surface area (Å²) in [6.45, 7) is 7.45. The van der Waals surface area contributed by atoms with Gasteiger partial charge in [-0.2, -0.15) is 0 Å². The zero-order valence-electron chi connectivity index (χ0n) is 13.0. The minimum absolute atomic E-state index is 0. The fourth-order valence-electron chi connectivity index (χ4n) is 1.96. The molecule has 0 aliphatic rings. The molecule has 1 aromatic carbocycles. The van der Waals surface area contributed by atoms with Gasteiger partial charge in [0.05, 0.1) is 6.54 Å². The Hall–Kier alpha value is -1.42. The standard InChI is InChI=1S/C16H24N4.HI/c1-5-10-18-16(17-4)19-11-12-20(6-2)15-9-7-8-14(3)13-15;/h1,7-9,13H,6,10-12H2,2-4H3,(H2,17,18,19);1H. The lowest BCUT2D eigenvalue weighted by Crippen LogP contribution is -2.41. The van der Waals surface area contributed by atoms with Gasteiger partial charge in [-0.25, -0.2) is 0 Å². The highest BCUT2D eigenvalue weighted by Crippen LogP contribution is 2.14. The molecule has 4 nitrogen and oxygen atoms in total. The average Bonchev–Trinajstić information content (AvgIpc) is 2.46. The highest BCUT2D eigenvalue weighted by molar-refractivity contribution is 14.0. The highest BCUT2D eigenvalue weighted by Gasteiger charge is 2.04. The van der Waals surface area contributed by atoms with Crippen LogP contribution in [0.2, 0.25) is 0 Å². The van der Waals surface area contributed by atoms with Gasteiger partial charge in [-0.15, -0.1) is 30.4 Å². The van der Waals surface area contributed by atoms with Crippen molar-refractivity contribution in [2.24, 2.45) is 4.99 Å². The molecule has 0 amide bonds. The van der Waals surface area contributed by atoms with E-state index in [1.807, 2.05) is 0 Å². The van der Waals surface area contributed by atoms with Crippen molar-refractivity contribution in [1.82, 2.24) is 10.6 Å². The van der Waals surface area contributed by atoms with Gasteiger partial charge in [0, 0.05) is 32.4 Å². The molecule has 116 valence electrons. The van der Waals surface area contributed by atoms with Crippen LogP contribution in [0.3, 0.4) is 0 Å². The Bertz CT molecular complexity index is 479. The van der Waals surface area contributed by atoms with E-state index in [-0.39, 0.29) is 24.0 Å². The number of terminal acetylenes is 1. The summed E-state index contributed by atoms with van der Waals surface area (Å²) in [4.78, 5) is 6.44. The predicted octanol–water partition coefficient (Wildman–Crippen LogP) is 2.24. The summed E-state index contributed by atoms with van der Waals surface area (Å²) in [5.41, 5.74) is 2.53. The average molecular weight is 400 g/mol. The fraction of sp³-hybridized carbons (Fsp3) is 0.438. The van der Waals surface area contributed by atoms with Crippen LogP contribution in [0, 0.1) is 19.3 Å². The van der Waals surface area contributed by atoms with Crippen LogP contribution in [0.15, 0.2) is 29.3 Å². The van der Waals surface area contributed by atoms with E-state index < -0.39 is 0 Å². The molecule has 0 spiro atoms. The van der Waals surface area contributed by atoms with Gasteiger partial charge in [0.1, 0.15) is 0 Å². The number of guanidine groups is 1. The molecule has 5 heteroatoms. The first-order valence-electron chi connectivity index (χ1n) is 6.90. The van der Waals surface area contributed by atoms with E-state index in [2.05, 4.69) is 64.6 Å². The lowest BCUT2D eigenvalue weighted by Gasteiger charge is -2.24. The van der Waals surface area contributed by atoms with Crippen molar-refractivity contribution in [3.05, 3.63) is 29.8 Å². The lowest BCUT2D eigenvalue weighted by molar-refractivity contribution is 0.760. The molecular formula is C16H25IN4. The Morgan fingerprint density at radius 2 is 2.14 bits per heavy atom. The van der Waals surface area contributed by atoms with Crippen molar-refractivity contribution in [3.8, 4) is 12.3 Å². The summed E-state index contributed by atoms with van der Waals surface area (Å²) in [5, 5.41) is 6.30. The van der Waals surface area contributed by atoms with Gasteiger partial charge in [0.2, 0.25) is 0 Å². The maximum absolute atomic E-state index is 5.22. The predicted molar refractivity (Wildman–Crippen MR) is 103 cm³/mol. The first-order valence-corrected chi connectivity index (χ1v) is 6.90. The molecule has 0 bridgehead atoms. The first kappa shape index (κ1) is 19.6. The quantitative estimate of drug-likeness (QED) is 0.333. The SMILES string of the molecule is C#CCNC(=NC)NCCN(CC)c1cccc(C)c1.I. The monoisotopic (exact) mass is 400 g/mol. The second-order valence-corrected chi connectivity index (χ2v) is 4.48. The number of likely N-dealkylation sites (N-methyl/N-ethyl adjacent to an activating group) is 1. The minimum atomic E-state index is 0. The number of aliphatic imine (C=N–C) groups is 1. The largest absolute Gasteiger partial charge is 0.370 e.